The first kappa shape index (κ1) is 38.8. The van der Waals surface area contributed by atoms with E-state index in [2.05, 4.69) is 179 Å². The van der Waals surface area contributed by atoms with Crippen molar-refractivity contribution in [3.05, 3.63) is 237 Å². The number of furan rings is 1. The van der Waals surface area contributed by atoms with Crippen molar-refractivity contribution >= 4 is 65.6 Å². The highest BCUT2D eigenvalue weighted by molar-refractivity contribution is 6.26. The van der Waals surface area contributed by atoms with E-state index >= 15 is 0 Å². The summed E-state index contributed by atoms with van der Waals surface area (Å²) in [5, 5.41) is 6.89. The Morgan fingerprint density at radius 3 is 1.61 bits per heavy atom. The van der Waals surface area contributed by atoms with E-state index in [1.54, 1.807) is 0 Å². The summed E-state index contributed by atoms with van der Waals surface area (Å²) in [5.41, 5.74) is 15.5. The van der Waals surface area contributed by atoms with E-state index < -0.39 is 0 Å². The van der Waals surface area contributed by atoms with Crippen LogP contribution in [0.4, 0.5) is 0 Å². The second-order valence-electron chi connectivity index (χ2n) is 17.5. The summed E-state index contributed by atoms with van der Waals surface area (Å²) in [5.74, 6) is 1.87. The van der Waals surface area contributed by atoms with Crippen LogP contribution in [0.2, 0.25) is 0 Å². The van der Waals surface area contributed by atoms with Crippen LogP contribution < -0.4 is 0 Å². The Bertz CT molecular complexity index is 4240. The van der Waals surface area contributed by atoms with Crippen LogP contribution >= 0.6 is 0 Å². The molecule has 0 unspecified atom stereocenters. The van der Waals surface area contributed by atoms with E-state index in [-0.39, 0.29) is 0 Å². The number of rotatable bonds is 7. The van der Waals surface area contributed by atoms with E-state index in [0.29, 0.717) is 17.5 Å². The first-order valence-electron chi connectivity index (χ1n) is 23.3. The molecule has 0 saturated carbocycles. The Morgan fingerprint density at radius 1 is 0.319 bits per heavy atom. The maximum atomic E-state index is 6.73. The van der Waals surface area contributed by atoms with Crippen LogP contribution in [-0.2, 0) is 0 Å². The minimum absolute atomic E-state index is 0.609. The van der Waals surface area contributed by atoms with Gasteiger partial charge < -0.3 is 13.6 Å². The van der Waals surface area contributed by atoms with Crippen molar-refractivity contribution in [1.29, 1.82) is 0 Å². The average Bonchev–Trinajstić information content (AvgIpc) is 4.09. The van der Waals surface area contributed by atoms with E-state index in [9.17, 15) is 0 Å². The standard InChI is InChI=1S/C63H39N5O/c1-4-18-40(19-5-1)43-34-35-47(50-29-17-30-51-48-27-12-15-33-57(48)69-60(50)51)56(39-43)68-54-32-14-11-28-52(54)58-55(68)37-36-49-46-26-10-13-31-53(46)67(59(49)58)45-25-16-24-44(38-45)63-65-61(41-20-6-2-7-21-41)64-62(66-63)42-22-8-3-9-23-42/h1-39H. The summed E-state index contributed by atoms with van der Waals surface area (Å²) in [6.07, 6.45) is 0. The largest absolute Gasteiger partial charge is 0.455 e. The molecular formula is C63H39N5O. The van der Waals surface area contributed by atoms with Crippen LogP contribution in [0.1, 0.15) is 0 Å². The molecule has 0 fully saturated rings. The van der Waals surface area contributed by atoms with Gasteiger partial charge in [0.2, 0.25) is 0 Å². The Balaban J connectivity index is 1.04. The van der Waals surface area contributed by atoms with Crippen molar-refractivity contribution in [1.82, 2.24) is 24.1 Å². The van der Waals surface area contributed by atoms with Crippen LogP contribution in [0.3, 0.4) is 0 Å². The monoisotopic (exact) mass is 881 g/mol. The van der Waals surface area contributed by atoms with E-state index in [0.717, 1.165) is 99.7 Å². The molecular weight excluding hydrogens is 843 g/mol. The molecule has 0 spiro atoms. The molecule has 0 radical (unpaired) electrons. The summed E-state index contributed by atoms with van der Waals surface area (Å²) in [4.78, 5) is 15.2. The molecule has 0 amide bonds. The molecule has 0 N–H and O–H groups in total. The molecule has 322 valence electrons. The molecule has 0 aliphatic carbocycles. The Morgan fingerprint density at radius 2 is 0.884 bits per heavy atom. The third kappa shape index (κ3) is 6.23. The summed E-state index contributed by atoms with van der Waals surface area (Å²) in [7, 11) is 0. The lowest BCUT2D eigenvalue weighted by Crippen LogP contribution is -2.01. The van der Waals surface area contributed by atoms with Gasteiger partial charge in [0.1, 0.15) is 11.2 Å². The number of benzene rings is 10. The van der Waals surface area contributed by atoms with Gasteiger partial charge in [0.05, 0.1) is 27.8 Å². The SMILES string of the molecule is c1ccc(-c2ccc(-c3cccc4c3oc3ccccc34)c(-n3c4ccccc4c4c3ccc3c5ccccc5n(-c5cccc(-c6nc(-c7ccccc7)nc(-c7ccccc7)n6)c5)c34)c2)cc1. The van der Waals surface area contributed by atoms with Crippen LogP contribution in [0, 0.1) is 0 Å². The third-order valence-corrected chi connectivity index (χ3v) is 13.6. The van der Waals surface area contributed by atoms with E-state index in [1.165, 1.54) is 16.2 Å². The normalized spacial score (nSPS) is 11.8. The Hall–Kier alpha value is -9.39. The van der Waals surface area contributed by atoms with Crippen molar-refractivity contribution in [2.24, 2.45) is 0 Å². The molecule has 0 saturated heterocycles. The van der Waals surface area contributed by atoms with Crippen molar-refractivity contribution in [2.75, 3.05) is 0 Å². The van der Waals surface area contributed by atoms with Gasteiger partial charge in [0.15, 0.2) is 17.5 Å². The van der Waals surface area contributed by atoms with Gasteiger partial charge in [-0.3, -0.25) is 0 Å². The highest BCUT2D eigenvalue weighted by atomic mass is 16.3. The molecule has 4 aromatic heterocycles. The van der Waals surface area contributed by atoms with E-state index in [4.69, 9.17) is 19.4 Å². The first-order chi connectivity index (χ1) is 34.2. The van der Waals surface area contributed by atoms with Crippen LogP contribution in [0.15, 0.2) is 241 Å². The van der Waals surface area contributed by atoms with Gasteiger partial charge in [0.25, 0.3) is 0 Å². The zero-order valence-electron chi connectivity index (χ0n) is 37.2. The number of hydrogen-bond donors (Lipinski definition) is 0. The molecule has 4 heterocycles. The molecule has 0 bridgehead atoms. The van der Waals surface area contributed by atoms with Crippen molar-refractivity contribution < 1.29 is 4.42 Å². The van der Waals surface area contributed by atoms with Gasteiger partial charge in [-0.15, -0.1) is 0 Å². The second kappa shape index (κ2) is 15.6. The summed E-state index contributed by atoms with van der Waals surface area (Å²) < 4.78 is 11.6. The Labute approximate surface area is 396 Å². The molecule has 6 heteroatoms. The molecule has 69 heavy (non-hydrogen) atoms. The van der Waals surface area contributed by atoms with Gasteiger partial charge in [-0.2, -0.15) is 0 Å². The molecule has 0 atom stereocenters. The maximum absolute atomic E-state index is 6.73. The predicted octanol–water partition coefficient (Wildman–Crippen LogP) is 16.3. The summed E-state index contributed by atoms with van der Waals surface area (Å²) >= 11 is 0. The number of nitrogens with zero attached hydrogens (tertiary/aromatic N) is 5. The van der Waals surface area contributed by atoms with Gasteiger partial charge >= 0.3 is 0 Å². The van der Waals surface area contributed by atoms with E-state index in [1.807, 2.05) is 66.7 Å². The molecule has 14 rings (SSSR count). The predicted molar refractivity (Wildman–Crippen MR) is 283 cm³/mol. The maximum Gasteiger partial charge on any atom is 0.164 e. The fourth-order valence-electron chi connectivity index (χ4n) is 10.5. The summed E-state index contributed by atoms with van der Waals surface area (Å²) in [6.45, 7) is 0. The molecule has 10 aromatic carbocycles. The topological polar surface area (TPSA) is 61.7 Å². The zero-order chi connectivity index (χ0) is 45.4. The molecule has 6 nitrogen and oxygen atoms in total. The van der Waals surface area contributed by atoms with Crippen molar-refractivity contribution in [2.45, 2.75) is 0 Å². The van der Waals surface area contributed by atoms with Crippen molar-refractivity contribution in [3.63, 3.8) is 0 Å². The van der Waals surface area contributed by atoms with Crippen molar-refractivity contribution in [3.8, 4) is 67.8 Å². The van der Waals surface area contributed by atoms with Crippen LogP contribution in [0.5, 0.6) is 0 Å². The quantitative estimate of drug-likeness (QED) is 0.160. The minimum Gasteiger partial charge on any atom is -0.455 e. The highest BCUT2D eigenvalue weighted by Gasteiger charge is 2.24. The van der Waals surface area contributed by atoms with Gasteiger partial charge in [-0.05, 0) is 53.6 Å². The highest BCUT2D eigenvalue weighted by Crippen LogP contribution is 2.46. The average molecular weight is 882 g/mol. The number of hydrogen-bond acceptors (Lipinski definition) is 4. The molecule has 0 aliphatic heterocycles. The Kier molecular flexibility index (Phi) is 8.79. The number of para-hydroxylation sites is 4. The molecule has 14 aromatic rings. The van der Waals surface area contributed by atoms with Gasteiger partial charge in [-0.25, -0.2) is 15.0 Å². The number of aromatic nitrogens is 5. The fraction of sp³-hybridized carbons (Fsp3) is 0. The fourth-order valence-corrected chi connectivity index (χ4v) is 10.5. The zero-order valence-corrected chi connectivity index (χ0v) is 37.2. The lowest BCUT2D eigenvalue weighted by molar-refractivity contribution is 0.670. The molecule has 0 aliphatic rings. The number of fused-ring (bicyclic) bond motifs is 10. The lowest BCUT2D eigenvalue weighted by Gasteiger charge is -2.17. The van der Waals surface area contributed by atoms with Crippen LogP contribution in [0.25, 0.3) is 133 Å². The summed E-state index contributed by atoms with van der Waals surface area (Å²) in [6, 6.07) is 83.4. The van der Waals surface area contributed by atoms with Crippen LogP contribution in [-0.4, -0.2) is 24.1 Å². The van der Waals surface area contributed by atoms with Gasteiger partial charge in [-0.1, -0.05) is 194 Å². The van der Waals surface area contributed by atoms with Gasteiger partial charge in [0, 0.05) is 65.8 Å². The first-order valence-corrected chi connectivity index (χ1v) is 23.3. The second-order valence-corrected chi connectivity index (χ2v) is 17.5. The lowest BCUT2D eigenvalue weighted by atomic mass is 9.96. The smallest absolute Gasteiger partial charge is 0.164 e. The third-order valence-electron chi connectivity index (χ3n) is 13.6. The minimum atomic E-state index is 0.609.